The number of nitrogens with zero attached hydrogens (tertiary/aromatic N) is 1. The Balaban J connectivity index is 2.73. The van der Waals surface area contributed by atoms with Gasteiger partial charge in [0.05, 0.1) is 18.1 Å². The van der Waals surface area contributed by atoms with E-state index < -0.39 is 5.41 Å². The lowest BCUT2D eigenvalue weighted by molar-refractivity contribution is 0.260. The highest BCUT2D eigenvalue weighted by molar-refractivity contribution is 5.36. The molecule has 3 nitrogen and oxygen atoms in total. The number of hydrogen-bond donors (Lipinski definition) is 1. The third kappa shape index (κ3) is 4.01. The Bertz CT molecular complexity index is 450. The van der Waals surface area contributed by atoms with Gasteiger partial charge in [0.2, 0.25) is 0 Å². The quantitative estimate of drug-likeness (QED) is 0.873. The van der Waals surface area contributed by atoms with Gasteiger partial charge in [-0.3, -0.25) is 0 Å². The topological polar surface area (TPSA) is 59.0 Å². The molecule has 98 valence electrons. The first-order valence-corrected chi connectivity index (χ1v) is 5.95. The van der Waals surface area contributed by atoms with Crippen molar-refractivity contribution in [2.75, 3.05) is 6.61 Å². The Morgan fingerprint density at radius 2 is 2.17 bits per heavy atom. The maximum Gasteiger partial charge on any atom is 0.126 e. The zero-order chi connectivity index (χ0) is 13.8. The SMILES string of the molecule is CC(N)c1ccc(F)cc1OCCC(C)(C)C#N. The molecule has 1 atom stereocenters. The zero-order valence-corrected chi connectivity index (χ0v) is 11.0. The first-order chi connectivity index (χ1) is 8.35. The van der Waals surface area contributed by atoms with Crippen LogP contribution in [-0.2, 0) is 0 Å². The monoisotopic (exact) mass is 250 g/mol. The van der Waals surface area contributed by atoms with Crippen molar-refractivity contribution in [3.63, 3.8) is 0 Å². The summed E-state index contributed by atoms with van der Waals surface area (Å²) in [4.78, 5) is 0. The molecule has 1 aromatic carbocycles. The van der Waals surface area contributed by atoms with E-state index >= 15 is 0 Å². The predicted octanol–water partition coefficient (Wildman–Crippen LogP) is 3.16. The highest BCUT2D eigenvalue weighted by atomic mass is 19.1. The molecular weight excluding hydrogens is 231 g/mol. The molecule has 0 saturated carbocycles. The Kier molecular flexibility index (Phi) is 4.69. The van der Waals surface area contributed by atoms with Gasteiger partial charge in [0.25, 0.3) is 0 Å². The van der Waals surface area contributed by atoms with Gasteiger partial charge in [-0.1, -0.05) is 6.07 Å². The second-order valence-corrected chi connectivity index (χ2v) is 5.06. The van der Waals surface area contributed by atoms with Crippen LogP contribution >= 0.6 is 0 Å². The van der Waals surface area contributed by atoms with Crippen molar-refractivity contribution in [2.24, 2.45) is 11.1 Å². The van der Waals surface area contributed by atoms with Gasteiger partial charge in [0.1, 0.15) is 11.6 Å². The molecule has 0 aliphatic rings. The number of halogens is 1. The lowest BCUT2D eigenvalue weighted by Crippen LogP contribution is -2.15. The van der Waals surface area contributed by atoms with E-state index in [0.717, 1.165) is 5.56 Å². The van der Waals surface area contributed by atoms with Gasteiger partial charge in [0.15, 0.2) is 0 Å². The van der Waals surface area contributed by atoms with Crippen LogP contribution in [-0.4, -0.2) is 6.61 Å². The maximum absolute atomic E-state index is 13.2. The molecule has 18 heavy (non-hydrogen) atoms. The Morgan fingerprint density at radius 3 is 2.72 bits per heavy atom. The summed E-state index contributed by atoms with van der Waals surface area (Å²) in [5.74, 6) is 0.104. The summed E-state index contributed by atoms with van der Waals surface area (Å²) in [5, 5.41) is 8.89. The minimum Gasteiger partial charge on any atom is -0.493 e. The first-order valence-electron chi connectivity index (χ1n) is 5.95. The molecule has 1 aromatic rings. The highest BCUT2D eigenvalue weighted by Crippen LogP contribution is 2.26. The van der Waals surface area contributed by atoms with Gasteiger partial charge in [-0.05, 0) is 33.3 Å². The molecule has 0 amide bonds. The lowest BCUT2D eigenvalue weighted by atomic mass is 9.92. The Morgan fingerprint density at radius 1 is 1.50 bits per heavy atom. The smallest absolute Gasteiger partial charge is 0.126 e. The number of benzene rings is 1. The average Bonchev–Trinajstić information content (AvgIpc) is 2.28. The lowest BCUT2D eigenvalue weighted by Gasteiger charge is -2.18. The van der Waals surface area contributed by atoms with Crippen LogP contribution in [0.3, 0.4) is 0 Å². The summed E-state index contributed by atoms with van der Waals surface area (Å²) in [7, 11) is 0. The van der Waals surface area contributed by atoms with Crippen molar-refractivity contribution in [1.82, 2.24) is 0 Å². The van der Waals surface area contributed by atoms with Crippen LogP contribution in [0.2, 0.25) is 0 Å². The van der Waals surface area contributed by atoms with Gasteiger partial charge >= 0.3 is 0 Å². The predicted molar refractivity (Wildman–Crippen MR) is 68.5 cm³/mol. The molecule has 0 aliphatic carbocycles. The van der Waals surface area contributed by atoms with Gasteiger partial charge < -0.3 is 10.5 Å². The van der Waals surface area contributed by atoms with Crippen LogP contribution in [0.5, 0.6) is 5.75 Å². The van der Waals surface area contributed by atoms with Crippen LogP contribution < -0.4 is 10.5 Å². The molecule has 1 rings (SSSR count). The maximum atomic E-state index is 13.2. The molecule has 0 saturated heterocycles. The minimum atomic E-state index is -0.443. The van der Waals surface area contributed by atoms with E-state index in [-0.39, 0.29) is 11.9 Å². The zero-order valence-electron chi connectivity index (χ0n) is 11.0. The van der Waals surface area contributed by atoms with E-state index in [1.807, 2.05) is 20.8 Å². The average molecular weight is 250 g/mol. The molecule has 0 radical (unpaired) electrons. The Labute approximate surface area is 107 Å². The van der Waals surface area contributed by atoms with Gasteiger partial charge in [0, 0.05) is 17.7 Å². The highest BCUT2D eigenvalue weighted by Gasteiger charge is 2.17. The second kappa shape index (κ2) is 5.83. The third-order valence-electron chi connectivity index (χ3n) is 2.75. The molecule has 0 aromatic heterocycles. The largest absolute Gasteiger partial charge is 0.493 e. The van der Waals surface area contributed by atoms with Gasteiger partial charge in [-0.25, -0.2) is 4.39 Å². The van der Waals surface area contributed by atoms with Crippen LogP contribution in [0, 0.1) is 22.6 Å². The molecule has 0 fully saturated rings. The Hall–Kier alpha value is -1.60. The van der Waals surface area contributed by atoms with Crippen LogP contribution in [0.4, 0.5) is 4.39 Å². The van der Waals surface area contributed by atoms with E-state index in [4.69, 9.17) is 15.7 Å². The van der Waals surface area contributed by atoms with Crippen molar-refractivity contribution < 1.29 is 9.13 Å². The summed E-state index contributed by atoms with van der Waals surface area (Å²) >= 11 is 0. The number of rotatable bonds is 5. The number of hydrogen-bond acceptors (Lipinski definition) is 3. The van der Waals surface area contributed by atoms with E-state index in [2.05, 4.69) is 6.07 Å². The van der Waals surface area contributed by atoms with Crippen molar-refractivity contribution in [3.8, 4) is 11.8 Å². The molecule has 1 unspecified atom stereocenters. The number of ether oxygens (including phenoxy) is 1. The summed E-state index contributed by atoms with van der Waals surface area (Å²) in [5.41, 5.74) is 6.12. The third-order valence-corrected chi connectivity index (χ3v) is 2.75. The molecule has 4 heteroatoms. The minimum absolute atomic E-state index is 0.218. The molecule has 0 bridgehead atoms. The van der Waals surface area contributed by atoms with E-state index in [1.165, 1.54) is 12.1 Å². The molecule has 0 aliphatic heterocycles. The second-order valence-electron chi connectivity index (χ2n) is 5.06. The molecule has 2 N–H and O–H groups in total. The van der Waals surface area contributed by atoms with Crippen molar-refractivity contribution in [3.05, 3.63) is 29.6 Å². The normalized spacial score (nSPS) is 12.9. The van der Waals surface area contributed by atoms with Crippen molar-refractivity contribution >= 4 is 0 Å². The van der Waals surface area contributed by atoms with E-state index in [9.17, 15) is 4.39 Å². The van der Waals surface area contributed by atoms with Crippen LogP contribution in [0.1, 0.15) is 38.8 Å². The fraction of sp³-hybridized carbons (Fsp3) is 0.500. The van der Waals surface area contributed by atoms with E-state index in [1.54, 1.807) is 6.07 Å². The molecule has 0 spiro atoms. The summed E-state index contributed by atoms with van der Waals surface area (Å²) in [6, 6.07) is 6.31. The molecular formula is C14H19FN2O. The van der Waals surface area contributed by atoms with Crippen LogP contribution in [0.15, 0.2) is 18.2 Å². The fourth-order valence-corrected chi connectivity index (χ4v) is 1.48. The van der Waals surface area contributed by atoms with Crippen molar-refractivity contribution in [1.29, 1.82) is 5.26 Å². The number of nitriles is 1. The summed E-state index contributed by atoms with van der Waals surface area (Å²) in [6.07, 6.45) is 0.582. The standard InChI is InChI=1S/C14H19FN2O/c1-10(17)12-5-4-11(15)8-13(12)18-7-6-14(2,3)9-16/h4-5,8,10H,6-7,17H2,1-3H3. The summed E-state index contributed by atoms with van der Waals surface area (Å²) < 4.78 is 18.7. The number of nitrogens with two attached hydrogens (primary N) is 1. The van der Waals surface area contributed by atoms with E-state index in [0.29, 0.717) is 18.8 Å². The fourth-order valence-electron chi connectivity index (χ4n) is 1.48. The van der Waals surface area contributed by atoms with Gasteiger partial charge in [-0.2, -0.15) is 5.26 Å². The molecule has 0 heterocycles. The van der Waals surface area contributed by atoms with Crippen molar-refractivity contribution in [2.45, 2.75) is 33.2 Å². The summed E-state index contributed by atoms with van der Waals surface area (Å²) in [6.45, 7) is 5.87. The first kappa shape index (κ1) is 14.5. The van der Waals surface area contributed by atoms with Crippen LogP contribution in [0.25, 0.3) is 0 Å². The van der Waals surface area contributed by atoms with Gasteiger partial charge in [-0.15, -0.1) is 0 Å².